The number of aliphatic hydroxyl groups excluding tert-OH is 1. The smallest absolute Gasteiger partial charge is 0.202 e. The molecular formula is C23H31NO3. The lowest BCUT2D eigenvalue weighted by Gasteiger charge is -2.28. The first kappa shape index (κ1) is 21.1. The van der Waals surface area contributed by atoms with Gasteiger partial charge in [-0.3, -0.25) is 4.79 Å². The van der Waals surface area contributed by atoms with Crippen molar-refractivity contribution in [3.8, 4) is 5.75 Å². The predicted molar refractivity (Wildman–Crippen MR) is 109 cm³/mol. The quantitative estimate of drug-likeness (QED) is 0.676. The Balaban J connectivity index is 1.93. The maximum Gasteiger partial charge on any atom is 0.202 e. The van der Waals surface area contributed by atoms with Crippen LogP contribution in [0.3, 0.4) is 0 Å². The molecule has 0 saturated heterocycles. The minimum absolute atomic E-state index is 0.0231. The van der Waals surface area contributed by atoms with Crippen LogP contribution in [-0.4, -0.2) is 42.1 Å². The van der Waals surface area contributed by atoms with Crippen LogP contribution in [0.1, 0.15) is 42.3 Å². The number of carbonyl (C=O) groups excluding carboxylic acids is 1. The molecule has 0 amide bonds. The molecule has 1 atom stereocenters. The molecule has 2 aromatic carbocycles. The topological polar surface area (TPSA) is 49.8 Å². The molecule has 2 aromatic rings. The van der Waals surface area contributed by atoms with Gasteiger partial charge in [0.25, 0.3) is 0 Å². The Morgan fingerprint density at radius 3 is 2.26 bits per heavy atom. The molecule has 1 unspecified atom stereocenters. The van der Waals surface area contributed by atoms with Crippen molar-refractivity contribution in [2.75, 3.05) is 20.2 Å². The van der Waals surface area contributed by atoms with E-state index >= 15 is 0 Å². The number of hydrogen-bond acceptors (Lipinski definition) is 4. The van der Waals surface area contributed by atoms with E-state index in [2.05, 4.69) is 4.90 Å². The first-order valence-corrected chi connectivity index (χ1v) is 9.36. The highest BCUT2D eigenvalue weighted by Gasteiger charge is 2.19. The minimum Gasteiger partial charge on any atom is -0.483 e. The van der Waals surface area contributed by atoms with Crippen LogP contribution in [-0.2, 0) is 6.54 Å². The third-order valence-corrected chi connectivity index (χ3v) is 4.52. The second-order valence-corrected chi connectivity index (χ2v) is 8.13. The van der Waals surface area contributed by atoms with Gasteiger partial charge in [-0.05, 0) is 38.6 Å². The van der Waals surface area contributed by atoms with Gasteiger partial charge in [0.1, 0.15) is 5.75 Å². The number of ketones is 1. The van der Waals surface area contributed by atoms with Crippen LogP contribution in [0.2, 0.25) is 0 Å². The Bertz CT molecular complexity index is 735. The van der Waals surface area contributed by atoms with Crippen LogP contribution in [0.25, 0.3) is 0 Å². The molecule has 0 aliphatic heterocycles. The Morgan fingerprint density at radius 2 is 1.70 bits per heavy atom. The van der Waals surface area contributed by atoms with Crippen molar-refractivity contribution in [3.05, 3.63) is 65.2 Å². The summed E-state index contributed by atoms with van der Waals surface area (Å²) in [5, 5.41) is 9.40. The monoisotopic (exact) mass is 369 g/mol. The van der Waals surface area contributed by atoms with Gasteiger partial charge in [0.05, 0.1) is 0 Å². The van der Waals surface area contributed by atoms with Gasteiger partial charge in [0.2, 0.25) is 5.78 Å². The second kappa shape index (κ2) is 9.16. The predicted octanol–water partition coefficient (Wildman–Crippen LogP) is 4.10. The van der Waals surface area contributed by atoms with E-state index in [0.29, 0.717) is 11.3 Å². The number of carbonyl (C=O) groups is 1. The van der Waals surface area contributed by atoms with Crippen molar-refractivity contribution in [1.29, 1.82) is 0 Å². The first-order chi connectivity index (χ1) is 12.7. The van der Waals surface area contributed by atoms with E-state index in [9.17, 15) is 9.90 Å². The summed E-state index contributed by atoms with van der Waals surface area (Å²) in [6.07, 6.45) is -0.536. The van der Waals surface area contributed by atoms with Gasteiger partial charge in [-0.25, -0.2) is 0 Å². The van der Waals surface area contributed by atoms with E-state index < -0.39 is 6.10 Å². The summed E-state index contributed by atoms with van der Waals surface area (Å²) in [4.78, 5) is 14.7. The van der Waals surface area contributed by atoms with E-state index in [1.54, 1.807) is 6.92 Å². The molecule has 0 aliphatic rings. The Labute approximate surface area is 162 Å². The van der Waals surface area contributed by atoms with Gasteiger partial charge in [0, 0.05) is 30.7 Å². The molecule has 0 saturated carbocycles. The van der Waals surface area contributed by atoms with Crippen LogP contribution in [0, 0.1) is 12.3 Å². The Hall–Kier alpha value is -2.17. The summed E-state index contributed by atoms with van der Waals surface area (Å²) in [6.45, 7) is 9.64. The third-order valence-electron chi connectivity index (χ3n) is 4.52. The Kier molecular flexibility index (Phi) is 7.17. The van der Waals surface area contributed by atoms with Crippen molar-refractivity contribution in [1.82, 2.24) is 4.90 Å². The fourth-order valence-electron chi connectivity index (χ4n) is 3.03. The number of benzene rings is 2. The molecule has 1 N–H and O–H groups in total. The number of rotatable bonds is 9. The molecule has 4 heteroatoms. The summed E-state index contributed by atoms with van der Waals surface area (Å²) in [5.74, 6) is 0.662. The van der Waals surface area contributed by atoms with Gasteiger partial charge in [-0.15, -0.1) is 0 Å². The minimum atomic E-state index is -0.536. The molecule has 0 spiro atoms. The number of aryl methyl sites for hydroxylation is 1. The van der Waals surface area contributed by atoms with Gasteiger partial charge in [-0.2, -0.15) is 0 Å². The number of nitrogens with zero attached hydrogens (tertiary/aromatic N) is 1. The van der Waals surface area contributed by atoms with Crippen LogP contribution < -0.4 is 4.74 Å². The molecule has 0 fully saturated rings. The van der Waals surface area contributed by atoms with E-state index in [1.807, 2.05) is 76.3 Å². The van der Waals surface area contributed by atoms with Crippen LogP contribution in [0.15, 0.2) is 48.5 Å². The van der Waals surface area contributed by atoms with Gasteiger partial charge < -0.3 is 14.7 Å². The van der Waals surface area contributed by atoms with Crippen molar-refractivity contribution in [2.45, 2.75) is 40.3 Å². The van der Waals surface area contributed by atoms with E-state index in [4.69, 9.17) is 4.74 Å². The van der Waals surface area contributed by atoms with Gasteiger partial charge in [-0.1, -0.05) is 55.8 Å². The van der Waals surface area contributed by atoms with E-state index in [0.717, 1.165) is 24.2 Å². The molecule has 0 radical (unpaired) electrons. The van der Waals surface area contributed by atoms with Crippen molar-refractivity contribution in [3.63, 3.8) is 0 Å². The van der Waals surface area contributed by atoms with E-state index in [-0.39, 0.29) is 17.8 Å². The number of Topliss-reactive ketones (excluding diaryl/α,β-unsaturated/α-hetero) is 1. The summed E-state index contributed by atoms with van der Waals surface area (Å²) < 4.78 is 5.82. The number of ether oxygens (including phenoxy) is 1. The molecule has 4 nitrogen and oxygen atoms in total. The molecule has 146 valence electrons. The molecular weight excluding hydrogens is 338 g/mol. The third kappa shape index (κ3) is 6.49. The largest absolute Gasteiger partial charge is 0.483 e. The lowest BCUT2D eigenvalue weighted by molar-refractivity contribution is 0.0818. The van der Waals surface area contributed by atoms with Crippen LogP contribution in [0.4, 0.5) is 0 Å². The lowest BCUT2D eigenvalue weighted by Crippen LogP contribution is -2.33. The summed E-state index contributed by atoms with van der Waals surface area (Å²) in [6, 6.07) is 15.4. The average Bonchev–Trinajstić information content (AvgIpc) is 2.63. The Morgan fingerprint density at radius 1 is 1.11 bits per heavy atom. The number of aliphatic hydroxyl groups is 1. The average molecular weight is 370 g/mol. The lowest BCUT2D eigenvalue weighted by atomic mass is 9.94. The summed E-state index contributed by atoms with van der Waals surface area (Å²) in [7, 11) is 2.05. The standard InChI is InChI=1S/C23H31NO3/c1-17-6-10-20(11-7-17)22(26)18(2)27-21-12-8-19(9-13-21)14-24(5)15-23(3,4)16-25/h6-13,18,25H,14-16H2,1-5H3. The maximum atomic E-state index is 12.5. The van der Waals surface area contributed by atoms with Gasteiger partial charge >= 0.3 is 0 Å². The molecule has 0 bridgehead atoms. The highest BCUT2D eigenvalue weighted by molar-refractivity contribution is 5.99. The maximum absolute atomic E-state index is 12.5. The summed E-state index contributed by atoms with van der Waals surface area (Å²) in [5.41, 5.74) is 2.83. The van der Waals surface area contributed by atoms with Crippen molar-refractivity contribution < 1.29 is 14.6 Å². The zero-order chi connectivity index (χ0) is 20.0. The molecule has 2 rings (SSSR count). The highest BCUT2D eigenvalue weighted by Crippen LogP contribution is 2.19. The fraction of sp³-hybridized carbons (Fsp3) is 0.435. The molecule has 0 aromatic heterocycles. The fourth-order valence-corrected chi connectivity index (χ4v) is 3.03. The van der Waals surface area contributed by atoms with Crippen LogP contribution in [0.5, 0.6) is 5.75 Å². The van der Waals surface area contributed by atoms with Crippen molar-refractivity contribution >= 4 is 5.78 Å². The molecule has 0 heterocycles. The molecule has 27 heavy (non-hydrogen) atoms. The normalized spacial score (nSPS) is 12.9. The van der Waals surface area contributed by atoms with Gasteiger partial charge in [0.15, 0.2) is 6.10 Å². The highest BCUT2D eigenvalue weighted by atomic mass is 16.5. The van der Waals surface area contributed by atoms with Crippen LogP contribution >= 0.6 is 0 Å². The molecule has 0 aliphatic carbocycles. The number of hydrogen-bond donors (Lipinski definition) is 1. The SMILES string of the molecule is Cc1ccc(C(=O)C(C)Oc2ccc(CN(C)CC(C)(C)CO)cc2)cc1. The summed E-state index contributed by atoms with van der Waals surface area (Å²) >= 11 is 0. The second-order valence-electron chi connectivity index (χ2n) is 8.13. The van der Waals surface area contributed by atoms with E-state index in [1.165, 1.54) is 0 Å². The first-order valence-electron chi connectivity index (χ1n) is 9.36. The zero-order valence-electron chi connectivity index (χ0n) is 17.0. The van der Waals surface area contributed by atoms with Crippen molar-refractivity contribution in [2.24, 2.45) is 5.41 Å². The zero-order valence-corrected chi connectivity index (χ0v) is 17.0.